The normalized spacial score (nSPS) is 13.7. The van der Waals surface area contributed by atoms with E-state index in [1.54, 1.807) is 18.2 Å². The highest BCUT2D eigenvalue weighted by Gasteiger charge is 2.33. The molecule has 0 spiro atoms. The topological polar surface area (TPSA) is 119 Å². The first-order valence-electron chi connectivity index (χ1n) is 7.02. The molecule has 2 aromatic rings. The maximum atomic E-state index is 12.6. The number of carbonyl (C=O) groups excluding carboxylic acids is 2. The monoisotopic (exact) mass is 314 g/mol. The molecule has 2 amide bonds. The lowest BCUT2D eigenvalue weighted by molar-refractivity contribution is -0.384. The number of non-ortho nitro benzene ring substituents is 1. The number of imide groups is 1. The molecule has 118 valence electrons. The van der Waals surface area contributed by atoms with Crippen molar-refractivity contribution in [1.29, 1.82) is 0 Å². The highest BCUT2D eigenvalue weighted by atomic mass is 16.6. The highest BCUT2D eigenvalue weighted by Crippen LogP contribution is 2.33. The molecule has 0 fully saturated rings. The number of carbonyl (C=O) groups is 2. The number of benzene rings is 2. The molecule has 8 nitrogen and oxygen atoms in total. The fourth-order valence-electron chi connectivity index (χ4n) is 2.74. The lowest BCUT2D eigenvalue weighted by Gasteiger charge is -2.27. The maximum Gasteiger partial charge on any atom is 0.270 e. The third-order valence-corrected chi connectivity index (χ3v) is 3.78. The number of amides is 2. The predicted octanol–water partition coefficient (Wildman–Crippen LogP) is 0.850. The molecule has 0 radical (unpaired) electrons. The van der Waals surface area contributed by atoms with Gasteiger partial charge in [0.15, 0.2) is 0 Å². The second kappa shape index (κ2) is 5.75. The van der Waals surface area contributed by atoms with Crippen LogP contribution in [0, 0.1) is 10.1 Å². The Hall–Kier alpha value is -2.84. The minimum atomic E-state index is -0.549. The van der Waals surface area contributed by atoms with E-state index in [9.17, 15) is 19.7 Å². The van der Waals surface area contributed by atoms with Gasteiger partial charge in [-0.1, -0.05) is 12.1 Å². The Morgan fingerprint density at radius 2 is 1.91 bits per heavy atom. The molecular weight excluding hydrogens is 300 g/mol. The van der Waals surface area contributed by atoms with Gasteiger partial charge >= 0.3 is 0 Å². The van der Waals surface area contributed by atoms with E-state index in [2.05, 4.69) is 5.32 Å². The minimum absolute atomic E-state index is 0.146. The van der Waals surface area contributed by atoms with Gasteiger partial charge in [-0.2, -0.15) is 0 Å². The van der Waals surface area contributed by atoms with Crippen molar-refractivity contribution >= 4 is 28.3 Å². The fraction of sp³-hybridized carbons (Fsp3) is 0.200. The fourth-order valence-corrected chi connectivity index (χ4v) is 2.74. The molecule has 0 bridgehead atoms. The van der Waals surface area contributed by atoms with Gasteiger partial charge in [0.05, 0.1) is 10.5 Å². The Kier molecular flexibility index (Phi) is 3.77. The van der Waals surface area contributed by atoms with E-state index >= 15 is 0 Å². The Morgan fingerprint density at radius 3 is 2.61 bits per heavy atom. The largest absolute Gasteiger partial charge is 0.318 e. The third-order valence-electron chi connectivity index (χ3n) is 3.78. The van der Waals surface area contributed by atoms with Crippen LogP contribution in [-0.4, -0.2) is 41.4 Å². The van der Waals surface area contributed by atoms with Crippen molar-refractivity contribution in [3.8, 4) is 0 Å². The van der Waals surface area contributed by atoms with Crippen LogP contribution in [0.15, 0.2) is 30.3 Å². The summed E-state index contributed by atoms with van der Waals surface area (Å²) in [6, 6.07) is 7.52. The van der Waals surface area contributed by atoms with Crippen LogP contribution < -0.4 is 11.1 Å². The second-order valence-corrected chi connectivity index (χ2v) is 5.12. The maximum absolute atomic E-state index is 12.6. The van der Waals surface area contributed by atoms with Crippen molar-refractivity contribution in [1.82, 2.24) is 10.2 Å². The van der Waals surface area contributed by atoms with E-state index in [1.165, 1.54) is 12.1 Å². The molecule has 0 aromatic heterocycles. The van der Waals surface area contributed by atoms with Crippen molar-refractivity contribution in [2.75, 3.05) is 19.8 Å². The van der Waals surface area contributed by atoms with Gasteiger partial charge in [0.2, 0.25) is 0 Å². The molecule has 0 saturated carbocycles. The molecule has 1 aliphatic heterocycles. The van der Waals surface area contributed by atoms with Crippen LogP contribution in [0.2, 0.25) is 0 Å². The average molecular weight is 314 g/mol. The lowest BCUT2D eigenvalue weighted by Crippen LogP contribution is -2.44. The quantitative estimate of drug-likeness (QED) is 0.278. The Bertz CT molecular complexity index is 834. The summed E-state index contributed by atoms with van der Waals surface area (Å²) in [4.78, 5) is 36.8. The first kappa shape index (κ1) is 15.1. The van der Waals surface area contributed by atoms with Crippen LogP contribution in [0.4, 0.5) is 5.69 Å². The SMILES string of the molecule is NCNCCN1C(=O)c2cccc3cc([N+](=O)[O-])cc(c23)C1=O. The number of hydrogen-bond donors (Lipinski definition) is 2. The van der Waals surface area contributed by atoms with Crippen molar-refractivity contribution in [2.24, 2.45) is 5.73 Å². The third kappa shape index (κ3) is 2.43. The smallest absolute Gasteiger partial charge is 0.270 e. The van der Waals surface area contributed by atoms with Gasteiger partial charge in [0.1, 0.15) is 0 Å². The van der Waals surface area contributed by atoms with Gasteiger partial charge in [0, 0.05) is 42.8 Å². The molecule has 3 rings (SSSR count). The molecule has 0 saturated heterocycles. The summed E-state index contributed by atoms with van der Waals surface area (Å²) < 4.78 is 0. The molecule has 8 heteroatoms. The molecule has 23 heavy (non-hydrogen) atoms. The molecule has 0 unspecified atom stereocenters. The number of nitro benzene ring substituents is 1. The zero-order valence-electron chi connectivity index (χ0n) is 12.1. The van der Waals surface area contributed by atoms with E-state index in [1.807, 2.05) is 0 Å². The molecule has 0 aliphatic carbocycles. The van der Waals surface area contributed by atoms with Crippen LogP contribution in [0.3, 0.4) is 0 Å². The number of nitrogens with two attached hydrogens (primary N) is 1. The van der Waals surface area contributed by atoms with Crippen molar-refractivity contribution < 1.29 is 14.5 Å². The zero-order chi connectivity index (χ0) is 16.6. The van der Waals surface area contributed by atoms with Crippen LogP contribution >= 0.6 is 0 Å². The summed E-state index contributed by atoms with van der Waals surface area (Å²) in [5.41, 5.74) is 5.71. The number of rotatable bonds is 5. The van der Waals surface area contributed by atoms with Crippen LogP contribution in [-0.2, 0) is 0 Å². The summed E-state index contributed by atoms with van der Waals surface area (Å²) >= 11 is 0. The predicted molar refractivity (Wildman–Crippen MR) is 83.0 cm³/mol. The number of hydrogen-bond acceptors (Lipinski definition) is 6. The summed E-state index contributed by atoms with van der Waals surface area (Å²) in [6.07, 6.45) is 0. The van der Waals surface area contributed by atoms with Gasteiger partial charge in [0.25, 0.3) is 17.5 Å². The van der Waals surface area contributed by atoms with E-state index in [4.69, 9.17) is 5.73 Å². The van der Waals surface area contributed by atoms with Crippen molar-refractivity contribution in [3.05, 3.63) is 51.6 Å². The summed E-state index contributed by atoms with van der Waals surface area (Å²) in [7, 11) is 0. The Labute approximate surface area is 131 Å². The van der Waals surface area contributed by atoms with Gasteiger partial charge in [-0.25, -0.2) is 0 Å². The average Bonchev–Trinajstić information content (AvgIpc) is 2.55. The molecule has 1 heterocycles. The van der Waals surface area contributed by atoms with Gasteiger partial charge in [-0.15, -0.1) is 0 Å². The van der Waals surface area contributed by atoms with Gasteiger partial charge in [-0.05, 0) is 11.5 Å². The van der Waals surface area contributed by atoms with Gasteiger partial charge < -0.3 is 11.1 Å². The summed E-state index contributed by atoms with van der Waals surface area (Å²) in [6.45, 7) is 0.732. The number of nitro groups is 1. The first-order valence-corrected chi connectivity index (χ1v) is 7.02. The van der Waals surface area contributed by atoms with E-state index in [0.717, 1.165) is 4.90 Å². The van der Waals surface area contributed by atoms with Crippen LogP contribution in [0.25, 0.3) is 10.8 Å². The van der Waals surface area contributed by atoms with E-state index in [0.29, 0.717) is 22.9 Å². The first-order chi connectivity index (χ1) is 11.0. The number of nitrogens with one attached hydrogen (secondary N) is 1. The Balaban J connectivity index is 2.15. The highest BCUT2D eigenvalue weighted by molar-refractivity contribution is 6.25. The summed E-state index contributed by atoms with van der Waals surface area (Å²) in [5, 5.41) is 14.9. The van der Waals surface area contributed by atoms with Crippen molar-refractivity contribution in [3.63, 3.8) is 0 Å². The zero-order valence-corrected chi connectivity index (χ0v) is 12.1. The standard InChI is InChI=1S/C15H14N4O4/c16-8-17-4-5-18-14(20)11-3-1-2-9-6-10(19(22)23)7-12(13(9)11)15(18)21/h1-3,6-7,17H,4-5,8,16H2. The molecule has 1 aliphatic rings. The minimum Gasteiger partial charge on any atom is -0.318 e. The molecule has 3 N–H and O–H groups in total. The second-order valence-electron chi connectivity index (χ2n) is 5.12. The van der Waals surface area contributed by atoms with Crippen LogP contribution in [0.1, 0.15) is 20.7 Å². The molecule has 0 atom stereocenters. The van der Waals surface area contributed by atoms with E-state index in [-0.39, 0.29) is 24.5 Å². The van der Waals surface area contributed by atoms with E-state index < -0.39 is 16.7 Å². The Morgan fingerprint density at radius 1 is 1.17 bits per heavy atom. The van der Waals surface area contributed by atoms with Crippen LogP contribution in [0.5, 0.6) is 0 Å². The number of nitrogens with zero attached hydrogens (tertiary/aromatic N) is 2. The van der Waals surface area contributed by atoms with Crippen molar-refractivity contribution in [2.45, 2.75) is 0 Å². The molecular formula is C15H14N4O4. The van der Waals surface area contributed by atoms with Gasteiger partial charge in [-0.3, -0.25) is 24.6 Å². The lowest BCUT2D eigenvalue weighted by atomic mass is 9.93. The molecule has 2 aromatic carbocycles. The summed E-state index contributed by atoms with van der Waals surface area (Å²) in [5.74, 6) is -0.929.